The molecule has 1 aromatic carbocycles. The van der Waals surface area contributed by atoms with Gasteiger partial charge in [-0.3, -0.25) is 4.79 Å². The molecule has 0 atom stereocenters. The molecule has 0 saturated carbocycles. The van der Waals surface area contributed by atoms with Crippen LogP contribution in [0.1, 0.15) is 55.2 Å². The molecule has 1 heterocycles. The number of para-hydroxylation sites is 1. The summed E-state index contributed by atoms with van der Waals surface area (Å²) in [6, 6.07) is 7.68. The summed E-state index contributed by atoms with van der Waals surface area (Å²) in [6.45, 7) is 11.2. The molecule has 0 fully saturated rings. The summed E-state index contributed by atoms with van der Waals surface area (Å²) in [7, 11) is 0. The predicted octanol–water partition coefficient (Wildman–Crippen LogP) is 4.23. The van der Waals surface area contributed by atoms with Gasteiger partial charge in [0.15, 0.2) is 0 Å². The van der Waals surface area contributed by atoms with E-state index < -0.39 is 0 Å². The van der Waals surface area contributed by atoms with Crippen LogP contribution in [0.5, 0.6) is 0 Å². The Labute approximate surface area is 143 Å². The van der Waals surface area contributed by atoms with Gasteiger partial charge in [0.25, 0.3) is 5.91 Å². The average Bonchev–Trinajstić information content (AvgIpc) is 2.54. The largest absolute Gasteiger partial charge is 0.354 e. The number of nitrogens with one attached hydrogen (secondary N) is 2. The normalized spacial score (nSPS) is 11.0. The summed E-state index contributed by atoms with van der Waals surface area (Å²) in [4.78, 5) is 21.1. The van der Waals surface area contributed by atoms with Crippen LogP contribution < -0.4 is 10.6 Å². The van der Waals surface area contributed by atoms with Crippen LogP contribution in [0.3, 0.4) is 0 Å². The molecular weight excluding hydrogens is 300 g/mol. The minimum atomic E-state index is -0.221. The molecule has 0 saturated heterocycles. The van der Waals surface area contributed by atoms with Crippen molar-refractivity contribution in [3.8, 4) is 0 Å². The van der Waals surface area contributed by atoms with Crippen LogP contribution in [0, 0.1) is 12.8 Å². The van der Waals surface area contributed by atoms with E-state index in [0.717, 1.165) is 23.4 Å². The number of nitrogens with zero attached hydrogens (tertiary/aromatic N) is 2. The zero-order valence-electron chi connectivity index (χ0n) is 15.1. The Kier molecular flexibility index (Phi) is 5.90. The lowest BCUT2D eigenvalue weighted by Gasteiger charge is -2.16. The summed E-state index contributed by atoms with van der Waals surface area (Å²) >= 11 is 0. The number of carbonyl (C=O) groups excluding carboxylic acids is 1. The maximum absolute atomic E-state index is 12.6. The van der Waals surface area contributed by atoms with Gasteiger partial charge >= 0.3 is 0 Å². The molecule has 1 aromatic heterocycles. The third kappa shape index (κ3) is 4.54. The average molecular weight is 326 g/mol. The van der Waals surface area contributed by atoms with E-state index in [4.69, 9.17) is 0 Å². The summed E-state index contributed by atoms with van der Waals surface area (Å²) in [6.07, 6.45) is 1.60. The number of hydrogen-bond donors (Lipinski definition) is 2. The second-order valence-corrected chi connectivity index (χ2v) is 6.69. The Bertz CT molecular complexity index is 710. The molecule has 128 valence electrons. The second kappa shape index (κ2) is 7.90. The van der Waals surface area contributed by atoms with Crippen LogP contribution >= 0.6 is 0 Å². The van der Waals surface area contributed by atoms with Gasteiger partial charge in [-0.15, -0.1) is 0 Å². The number of rotatable bonds is 6. The molecule has 0 spiro atoms. The van der Waals surface area contributed by atoms with E-state index in [0.29, 0.717) is 23.5 Å². The van der Waals surface area contributed by atoms with Crippen molar-refractivity contribution in [2.24, 2.45) is 5.92 Å². The van der Waals surface area contributed by atoms with Gasteiger partial charge in [0, 0.05) is 18.4 Å². The number of benzene rings is 1. The van der Waals surface area contributed by atoms with Crippen molar-refractivity contribution in [1.29, 1.82) is 0 Å². The van der Waals surface area contributed by atoms with Gasteiger partial charge in [-0.05, 0) is 36.0 Å². The molecule has 5 heteroatoms. The van der Waals surface area contributed by atoms with Gasteiger partial charge in [0.05, 0.1) is 0 Å². The molecule has 2 N–H and O–H groups in total. The molecule has 0 unspecified atom stereocenters. The highest BCUT2D eigenvalue weighted by Gasteiger charge is 2.14. The Morgan fingerprint density at radius 2 is 1.92 bits per heavy atom. The minimum absolute atomic E-state index is 0.221. The van der Waals surface area contributed by atoms with E-state index >= 15 is 0 Å². The van der Waals surface area contributed by atoms with Gasteiger partial charge < -0.3 is 10.6 Å². The molecule has 24 heavy (non-hydrogen) atoms. The van der Waals surface area contributed by atoms with Gasteiger partial charge in [-0.1, -0.05) is 45.9 Å². The first kappa shape index (κ1) is 17.9. The Morgan fingerprint density at radius 1 is 1.17 bits per heavy atom. The molecule has 0 aliphatic rings. The molecule has 2 rings (SSSR count). The highest BCUT2D eigenvalue weighted by molar-refractivity contribution is 6.03. The minimum Gasteiger partial charge on any atom is -0.354 e. The third-order valence-electron chi connectivity index (χ3n) is 3.72. The van der Waals surface area contributed by atoms with Crippen molar-refractivity contribution < 1.29 is 4.79 Å². The molecule has 0 aliphatic carbocycles. The van der Waals surface area contributed by atoms with Crippen LogP contribution in [0.25, 0.3) is 0 Å². The van der Waals surface area contributed by atoms with E-state index in [1.165, 1.54) is 0 Å². The number of hydrogen-bond acceptors (Lipinski definition) is 4. The summed E-state index contributed by atoms with van der Waals surface area (Å²) in [5.41, 5.74) is 3.39. The van der Waals surface area contributed by atoms with E-state index in [9.17, 15) is 4.79 Å². The van der Waals surface area contributed by atoms with Crippen LogP contribution in [0.2, 0.25) is 0 Å². The highest BCUT2D eigenvalue weighted by atomic mass is 16.1. The topological polar surface area (TPSA) is 66.9 Å². The SMILES string of the molecule is Cc1cccc(C(C)C)c1NC(=O)c1ccnc(NCC(C)C)n1. The second-order valence-electron chi connectivity index (χ2n) is 6.69. The van der Waals surface area contributed by atoms with Crippen molar-refractivity contribution in [2.75, 3.05) is 17.2 Å². The van der Waals surface area contributed by atoms with E-state index in [1.807, 2.05) is 25.1 Å². The zero-order chi connectivity index (χ0) is 17.7. The number of amides is 1. The van der Waals surface area contributed by atoms with Crippen molar-refractivity contribution in [3.05, 3.63) is 47.3 Å². The lowest BCUT2D eigenvalue weighted by Crippen LogP contribution is -2.18. The first-order chi connectivity index (χ1) is 11.4. The number of anilines is 2. The fourth-order valence-electron chi connectivity index (χ4n) is 2.39. The fraction of sp³-hybridized carbons (Fsp3) is 0.421. The highest BCUT2D eigenvalue weighted by Crippen LogP contribution is 2.27. The van der Waals surface area contributed by atoms with Gasteiger partial charge in [-0.2, -0.15) is 0 Å². The molecule has 0 aliphatic heterocycles. The van der Waals surface area contributed by atoms with Crippen molar-refractivity contribution in [2.45, 2.75) is 40.5 Å². The molecular formula is C19H26N4O. The number of aryl methyl sites for hydroxylation is 1. The van der Waals surface area contributed by atoms with Crippen molar-refractivity contribution >= 4 is 17.5 Å². The van der Waals surface area contributed by atoms with Gasteiger partial charge in [0.1, 0.15) is 5.69 Å². The standard InChI is InChI=1S/C19H26N4O/c1-12(2)11-21-19-20-10-9-16(22-19)18(24)23-17-14(5)7-6-8-15(17)13(3)4/h6-10,12-13H,11H2,1-5H3,(H,23,24)(H,20,21,22). The third-order valence-corrected chi connectivity index (χ3v) is 3.72. The number of aromatic nitrogens is 2. The summed E-state index contributed by atoms with van der Waals surface area (Å²) < 4.78 is 0. The Morgan fingerprint density at radius 3 is 2.58 bits per heavy atom. The summed E-state index contributed by atoms with van der Waals surface area (Å²) in [5, 5.41) is 6.15. The number of carbonyl (C=O) groups is 1. The van der Waals surface area contributed by atoms with E-state index in [2.05, 4.69) is 48.3 Å². The van der Waals surface area contributed by atoms with Crippen LogP contribution in [-0.2, 0) is 0 Å². The lowest BCUT2D eigenvalue weighted by atomic mass is 9.98. The molecule has 5 nitrogen and oxygen atoms in total. The van der Waals surface area contributed by atoms with Crippen LogP contribution in [0.4, 0.5) is 11.6 Å². The summed E-state index contributed by atoms with van der Waals surface area (Å²) in [5.74, 6) is 1.06. The Hall–Kier alpha value is -2.43. The van der Waals surface area contributed by atoms with Gasteiger partial charge in [-0.25, -0.2) is 9.97 Å². The molecule has 0 bridgehead atoms. The van der Waals surface area contributed by atoms with Gasteiger partial charge in [0.2, 0.25) is 5.95 Å². The fourth-order valence-corrected chi connectivity index (χ4v) is 2.39. The molecule has 1 amide bonds. The lowest BCUT2D eigenvalue weighted by molar-refractivity contribution is 0.102. The van der Waals surface area contributed by atoms with Crippen LogP contribution in [0.15, 0.2) is 30.5 Å². The monoisotopic (exact) mass is 326 g/mol. The van der Waals surface area contributed by atoms with E-state index in [1.54, 1.807) is 12.3 Å². The molecule has 2 aromatic rings. The van der Waals surface area contributed by atoms with Crippen LogP contribution in [-0.4, -0.2) is 22.4 Å². The maximum atomic E-state index is 12.6. The first-order valence-corrected chi connectivity index (χ1v) is 8.36. The predicted molar refractivity (Wildman–Crippen MR) is 98.6 cm³/mol. The molecule has 0 radical (unpaired) electrons. The smallest absolute Gasteiger partial charge is 0.274 e. The first-order valence-electron chi connectivity index (χ1n) is 8.36. The van der Waals surface area contributed by atoms with E-state index in [-0.39, 0.29) is 5.91 Å². The zero-order valence-corrected chi connectivity index (χ0v) is 15.1. The maximum Gasteiger partial charge on any atom is 0.274 e. The van der Waals surface area contributed by atoms with Crippen molar-refractivity contribution in [3.63, 3.8) is 0 Å². The quantitative estimate of drug-likeness (QED) is 0.833. The van der Waals surface area contributed by atoms with Crippen molar-refractivity contribution in [1.82, 2.24) is 9.97 Å². The Balaban J connectivity index is 2.20.